The van der Waals surface area contributed by atoms with Gasteiger partial charge < -0.3 is 18.7 Å². The number of aliphatic hydroxyl groups excluding tert-OH is 1. The molecule has 5 nitrogen and oxygen atoms in total. The van der Waals surface area contributed by atoms with Crippen LogP contribution < -0.4 is 0 Å². The molecular formula is C27H48O5SSi2. The molecule has 1 aromatic carbocycles. The van der Waals surface area contributed by atoms with Gasteiger partial charge in [-0.25, -0.2) is 0 Å². The molecule has 1 aliphatic rings. The van der Waals surface area contributed by atoms with Gasteiger partial charge in [-0.15, -0.1) is 0 Å². The van der Waals surface area contributed by atoms with E-state index in [-0.39, 0.29) is 27.9 Å². The second-order valence-electron chi connectivity index (χ2n) is 12.7. The average Bonchev–Trinajstić information content (AvgIpc) is 2.96. The Kier molecular flexibility index (Phi) is 9.95. The molecule has 35 heavy (non-hydrogen) atoms. The molecule has 1 fully saturated rings. The first-order valence-electron chi connectivity index (χ1n) is 12.8. The lowest BCUT2D eigenvalue weighted by Gasteiger charge is -2.44. The summed E-state index contributed by atoms with van der Waals surface area (Å²) in [6.07, 6.45) is -1.96. The van der Waals surface area contributed by atoms with E-state index in [4.69, 9.17) is 13.6 Å². The van der Waals surface area contributed by atoms with E-state index in [9.17, 15) is 9.90 Å². The third-order valence-electron chi connectivity index (χ3n) is 8.02. The molecule has 1 aliphatic carbocycles. The van der Waals surface area contributed by atoms with E-state index in [1.54, 1.807) is 18.7 Å². The molecule has 0 saturated heterocycles. The first-order valence-corrected chi connectivity index (χ1v) is 19.7. The maximum absolute atomic E-state index is 13.2. The highest BCUT2D eigenvalue weighted by Crippen LogP contribution is 2.48. The van der Waals surface area contributed by atoms with Crippen molar-refractivity contribution in [1.82, 2.24) is 0 Å². The van der Waals surface area contributed by atoms with E-state index < -0.39 is 40.9 Å². The minimum Gasteiger partial charge on any atom is -0.466 e. The van der Waals surface area contributed by atoms with Gasteiger partial charge in [-0.2, -0.15) is 11.8 Å². The molecule has 0 radical (unpaired) electrons. The fraction of sp³-hybridized carbons (Fsp3) is 0.741. The zero-order valence-corrected chi connectivity index (χ0v) is 26.5. The SMILES string of the molecule is CCOC(=O)[C@@H]1[C@H](O)[C@@H](O[Si](C)(C)C(C)(C)C)[C@H](O[Si](C)(C)C(C)(C)C)[C@H]1SCc1ccccc1. The molecule has 200 valence electrons. The van der Waals surface area contributed by atoms with Gasteiger partial charge in [0.2, 0.25) is 0 Å². The third kappa shape index (κ3) is 7.23. The largest absolute Gasteiger partial charge is 0.466 e. The summed E-state index contributed by atoms with van der Waals surface area (Å²) in [4.78, 5) is 13.2. The Balaban J connectivity index is 2.53. The van der Waals surface area contributed by atoms with Gasteiger partial charge in [-0.3, -0.25) is 4.79 Å². The predicted molar refractivity (Wildman–Crippen MR) is 152 cm³/mol. The van der Waals surface area contributed by atoms with Crippen molar-refractivity contribution < 1.29 is 23.5 Å². The Bertz CT molecular complexity index is 832. The molecule has 5 atom stereocenters. The summed E-state index contributed by atoms with van der Waals surface area (Å²) in [5.74, 6) is -0.345. The van der Waals surface area contributed by atoms with Crippen molar-refractivity contribution in [3.05, 3.63) is 35.9 Å². The molecule has 8 heteroatoms. The van der Waals surface area contributed by atoms with Crippen molar-refractivity contribution in [2.75, 3.05) is 6.61 Å². The number of carbonyl (C=O) groups is 1. The molecule has 0 bridgehead atoms. The maximum atomic E-state index is 13.2. The summed E-state index contributed by atoms with van der Waals surface area (Å²) in [7, 11) is -4.50. The second kappa shape index (κ2) is 11.4. The predicted octanol–water partition coefficient (Wildman–Crippen LogP) is 6.62. The number of esters is 1. The lowest BCUT2D eigenvalue weighted by molar-refractivity contribution is -0.151. The van der Waals surface area contributed by atoms with Crippen LogP contribution in [-0.2, 0) is 24.1 Å². The fourth-order valence-electron chi connectivity index (χ4n) is 3.77. The zero-order valence-electron chi connectivity index (χ0n) is 23.7. The van der Waals surface area contributed by atoms with Crippen molar-refractivity contribution >= 4 is 34.4 Å². The van der Waals surface area contributed by atoms with Crippen LogP contribution in [0.5, 0.6) is 0 Å². The zero-order chi connectivity index (χ0) is 26.8. The van der Waals surface area contributed by atoms with E-state index >= 15 is 0 Å². The molecule has 1 aromatic rings. The van der Waals surface area contributed by atoms with Crippen LogP contribution in [-0.4, -0.2) is 57.9 Å². The second-order valence-corrected chi connectivity index (χ2v) is 23.4. The van der Waals surface area contributed by atoms with Gasteiger partial charge in [0.25, 0.3) is 0 Å². The molecular weight excluding hydrogens is 493 g/mol. The molecule has 0 unspecified atom stereocenters. The summed E-state index contributed by atoms with van der Waals surface area (Å²) in [6, 6.07) is 10.2. The van der Waals surface area contributed by atoms with E-state index in [2.05, 4.69) is 79.9 Å². The number of hydrogen-bond donors (Lipinski definition) is 1. The van der Waals surface area contributed by atoms with Crippen LogP contribution >= 0.6 is 11.8 Å². The monoisotopic (exact) mass is 540 g/mol. The van der Waals surface area contributed by atoms with Crippen LogP contribution in [0.1, 0.15) is 54.0 Å². The van der Waals surface area contributed by atoms with Crippen molar-refractivity contribution in [2.24, 2.45) is 5.92 Å². The number of hydrogen-bond acceptors (Lipinski definition) is 6. The van der Waals surface area contributed by atoms with E-state index in [0.717, 1.165) is 5.75 Å². The Morgan fingerprint density at radius 3 is 1.86 bits per heavy atom. The van der Waals surface area contributed by atoms with Crippen molar-refractivity contribution in [1.29, 1.82) is 0 Å². The number of rotatable bonds is 9. The van der Waals surface area contributed by atoms with E-state index in [1.165, 1.54) is 5.56 Å². The Morgan fingerprint density at radius 2 is 1.40 bits per heavy atom. The van der Waals surface area contributed by atoms with Crippen LogP contribution in [0.2, 0.25) is 36.3 Å². The van der Waals surface area contributed by atoms with Gasteiger partial charge in [-0.05, 0) is 48.8 Å². The number of carbonyl (C=O) groups excluding carboxylic acids is 1. The van der Waals surface area contributed by atoms with Crippen LogP contribution in [0, 0.1) is 5.92 Å². The van der Waals surface area contributed by atoms with Gasteiger partial charge in [0.05, 0.1) is 30.8 Å². The quantitative estimate of drug-likeness (QED) is 0.280. The van der Waals surface area contributed by atoms with E-state index in [1.807, 2.05) is 18.2 Å². The Morgan fingerprint density at radius 1 is 0.914 bits per heavy atom. The van der Waals surface area contributed by atoms with Gasteiger partial charge in [0, 0.05) is 11.0 Å². The molecule has 0 aromatic heterocycles. The number of aliphatic hydroxyl groups is 1. The fourth-order valence-corrected chi connectivity index (χ4v) is 7.94. The highest BCUT2D eigenvalue weighted by molar-refractivity contribution is 7.99. The summed E-state index contributed by atoms with van der Waals surface area (Å²) in [5, 5.41) is 11.3. The average molecular weight is 541 g/mol. The number of thioether (sulfide) groups is 1. The number of benzene rings is 1. The van der Waals surface area contributed by atoms with Crippen LogP contribution in [0.15, 0.2) is 30.3 Å². The van der Waals surface area contributed by atoms with Crippen LogP contribution in [0.4, 0.5) is 0 Å². The molecule has 1 N–H and O–H groups in total. The molecule has 0 aliphatic heterocycles. The van der Waals surface area contributed by atoms with Gasteiger partial charge in [0.15, 0.2) is 16.6 Å². The summed E-state index contributed by atoms with van der Waals surface area (Å²) in [5.41, 5.74) is 1.18. The molecule has 0 heterocycles. The Hall–Kier alpha value is -0.646. The van der Waals surface area contributed by atoms with E-state index in [0.29, 0.717) is 0 Å². The van der Waals surface area contributed by atoms with Gasteiger partial charge in [0.1, 0.15) is 0 Å². The smallest absolute Gasteiger partial charge is 0.312 e. The van der Waals surface area contributed by atoms with Crippen molar-refractivity contribution in [3.8, 4) is 0 Å². The third-order valence-corrected chi connectivity index (χ3v) is 18.4. The summed E-state index contributed by atoms with van der Waals surface area (Å²) >= 11 is 1.67. The van der Waals surface area contributed by atoms with Crippen molar-refractivity contribution in [2.45, 2.75) is 114 Å². The summed E-state index contributed by atoms with van der Waals surface area (Å²) < 4.78 is 19.3. The standard InChI is InChI=1S/C27H48O5SSi2/c1-12-30-25(29)20-21(28)22(31-34(8,9)26(2,3)4)23(32-35(10,11)27(5,6)7)24(20)33-18-19-16-14-13-15-17-19/h13-17,20-24,28H,12,18H2,1-11H3/t20-,21+,22-,23+,24+/m1/s1. The molecule has 2 rings (SSSR count). The van der Waals surface area contributed by atoms with Crippen LogP contribution in [0.25, 0.3) is 0 Å². The van der Waals surface area contributed by atoms with Crippen LogP contribution in [0.3, 0.4) is 0 Å². The molecule has 0 amide bonds. The maximum Gasteiger partial charge on any atom is 0.312 e. The lowest BCUT2D eigenvalue weighted by atomic mass is 10.1. The Labute approximate surface area is 220 Å². The normalized spacial score (nSPS) is 26.1. The first kappa shape index (κ1) is 30.6. The minimum atomic E-state index is -2.26. The molecule has 0 spiro atoms. The number of ether oxygens (including phenoxy) is 1. The summed E-state index contributed by atoms with van der Waals surface area (Å²) in [6.45, 7) is 24.1. The van der Waals surface area contributed by atoms with Gasteiger partial charge >= 0.3 is 5.97 Å². The highest BCUT2D eigenvalue weighted by atomic mass is 32.2. The first-order chi connectivity index (χ1) is 15.9. The highest BCUT2D eigenvalue weighted by Gasteiger charge is 2.59. The lowest BCUT2D eigenvalue weighted by Crippen LogP contribution is -2.53. The topological polar surface area (TPSA) is 65.0 Å². The van der Waals surface area contributed by atoms with Crippen molar-refractivity contribution in [3.63, 3.8) is 0 Å². The molecule has 1 saturated carbocycles. The van der Waals surface area contributed by atoms with Gasteiger partial charge in [-0.1, -0.05) is 71.9 Å². The minimum absolute atomic E-state index is 0.0177.